The molecule has 2 aromatic rings. The third kappa shape index (κ3) is 7.87. The largest absolute Gasteiger partial charge is 0.494 e. The van der Waals surface area contributed by atoms with E-state index in [1.807, 2.05) is 19.1 Å². The van der Waals surface area contributed by atoms with Crippen molar-refractivity contribution in [2.75, 3.05) is 19.8 Å². The van der Waals surface area contributed by atoms with Crippen molar-refractivity contribution in [3.8, 4) is 17.2 Å². The van der Waals surface area contributed by atoms with Crippen LogP contribution in [0.15, 0.2) is 47.8 Å². The highest BCUT2D eigenvalue weighted by atomic mass is 35.5. The summed E-state index contributed by atoms with van der Waals surface area (Å²) in [5, 5.41) is 0.317. The van der Waals surface area contributed by atoms with E-state index in [1.54, 1.807) is 24.3 Å². The van der Waals surface area contributed by atoms with E-state index in [0.717, 1.165) is 30.2 Å². The van der Waals surface area contributed by atoms with Crippen molar-refractivity contribution >= 4 is 34.8 Å². The third-order valence-electron chi connectivity index (χ3n) is 3.56. The van der Waals surface area contributed by atoms with Gasteiger partial charge in [-0.1, -0.05) is 34.8 Å². The van der Waals surface area contributed by atoms with Crippen LogP contribution in [0.4, 0.5) is 4.39 Å². The van der Waals surface area contributed by atoms with Gasteiger partial charge in [-0.2, -0.15) is 4.39 Å². The fraction of sp³-hybridized carbons (Fsp3) is 0.300. The molecule has 0 bridgehead atoms. The lowest BCUT2D eigenvalue weighted by molar-refractivity contribution is 0.265. The maximum absolute atomic E-state index is 12.5. The quantitative estimate of drug-likeness (QED) is 0.379. The van der Waals surface area contributed by atoms with Gasteiger partial charge in [-0.15, -0.1) is 0 Å². The normalized spacial score (nSPS) is 11.4. The van der Waals surface area contributed by atoms with Crippen LogP contribution in [-0.2, 0) is 0 Å². The minimum absolute atomic E-state index is 0.0267. The maximum Gasteiger partial charge on any atom is 0.188 e. The van der Waals surface area contributed by atoms with Crippen molar-refractivity contribution in [1.29, 1.82) is 0 Å². The highest BCUT2D eigenvalue weighted by molar-refractivity contribution is 6.32. The van der Waals surface area contributed by atoms with E-state index in [9.17, 15) is 4.39 Å². The topological polar surface area (TPSA) is 27.7 Å². The fourth-order valence-corrected chi connectivity index (χ4v) is 2.77. The Bertz CT molecular complexity index is 737. The van der Waals surface area contributed by atoms with Gasteiger partial charge >= 0.3 is 0 Å². The van der Waals surface area contributed by atoms with Gasteiger partial charge in [-0.05, 0) is 55.7 Å². The summed E-state index contributed by atoms with van der Waals surface area (Å²) in [7, 11) is 0. The van der Waals surface area contributed by atoms with E-state index in [4.69, 9.17) is 49.0 Å². The lowest BCUT2D eigenvalue weighted by atomic mass is 10.2. The Morgan fingerprint density at radius 1 is 0.963 bits per heavy atom. The number of halogens is 4. The van der Waals surface area contributed by atoms with Gasteiger partial charge < -0.3 is 14.2 Å². The molecule has 0 saturated carbocycles. The Hall–Kier alpha value is -1.62. The Morgan fingerprint density at radius 2 is 1.63 bits per heavy atom. The average Bonchev–Trinajstić information content (AvgIpc) is 2.61. The molecule has 2 rings (SSSR count). The zero-order valence-electron chi connectivity index (χ0n) is 14.8. The predicted molar refractivity (Wildman–Crippen MR) is 108 cm³/mol. The van der Waals surface area contributed by atoms with E-state index in [1.165, 1.54) is 0 Å². The molecule has 0 aliphatic heterocycles. The highest BCUT2D eigenvalue weighted by Gasteiger charge is 2.09. The fourth-order valence-electron chi connectivity index (χ4n) is 2.27. The molecule has 2 aromatic carbocycles. The molecular weight excluding hydrogens is 414 g/mol. The van der Waals surface area contributed by atoms with E-state index in [2.05, 4.69) is 0 Å². The van der Waals surface area contributed by atoms with E-state index in [-0.39, 0.29) is 6.61 Å². The molecule has 0 unspecified atom stereocenters. The molecular formula is C20H20Cl3FO3. The summed E-state index contributed by atoms with van der Waals surface area (Å²) in [5.41, 5.74) is 0.838. The van der Waals surface area contributed by atoms with Crippen LogP contribution < -0.4 is 14.2 Å². The molecule has 27 heavy (non-hydrogen) atoms. The number of hydrogen-bond acceptors (Lipinski definition) is 3. The van der Waals surface area contributed by atoms with Crippen LogP contribution in [0.25, 0.3) is 0 Å². The molecule has 0 aliphatic rings. The standard InChI is InChI=1S/C20H20Cl3FO3/c1-14-12-17(26-11-8-19(23)24)13-18(22)20(14)27-10-3-2-9-25-16-6-4-15(21)5-7-16/h4-8,12-13H,2-3,9-11H2,1H3. The Balaban J connectivity index is 1.73. The van der Waals surface area contributed by atoms with Crippen LogP contribution in [-0.4, -0.2) is 19.8 Å². The smallest absolute Gasteiger partial charge is 0.188 e. The lowest BCUT2D eigenvalue weighted by Gasteiger charge is -2.13. The molecule has 0 aliphatic carbocycles. The molecule has 0 atom stereocenters. The summed E-state index contributed by atoms with van der Waals surface area (Å²) in [5.74, 6) is 1.93. The number of hydrogen-bond donors (Lipinski definition) is 0. The van der Waals surface area contributed by atoms with Gasteiger partial charge in [0.1, 0.15) is 23.9 Å². The van der Waals surface area contributed by atoms with Crippen molar-refractivity contribution < 1.29 is 18.6 Å². The van der Waals surface area contributed by atoms with Crippen molar-refractivity contribution in [2.45, 2.75) is 19.8 Å². The first-order chi connectivity index (χ1) is 13.0. The minimum atomic E-state index is -0.808. The molecule has 0 amide bonds. The van der Waals surface area contributed by atoms with E-state index >= 15 is 0 Å². The Morgan fingerprint density at radius 3 is 2.26 bits per heavy atom. The summed E-state index contributed by atoms with van der Waals surface area (Å²) in [4.78, 5) is 0. The van der Waals surface area contributed by atoms with E-state index in [0.29, 0.717) is 34.8 Å². The summed E-state index contributed by atoms with van der Waals surface area (Å²) in [6.07, 6.45) is 2.79. The zero-order chi connectivity index (χ0) is 19.6. The lowest BCUT2D eigenvalue weighted by Crippen LogP contribution is -2.04. The Labute approximate surface area is 173 Å². The number of rotatable bonds is 10. The van der Waals surface area contributed by atoms with Crippen molar-refractivity contribution in [3.05, 3.63) is 63.4 Å². The van der Waals surface area contributed by atoms with Crippen LogP contribution in [0.3, 0.4) is 0 Å². The molecule has 3 nitrogen and oxygen atoms in total. The molecule has 0 radical (unpaired) electrons. The molecule has 0 saturated heterocycles. The number of unbranched alkanes of at least 4 members (excludes halogenated alkanes) is 1. The summed E-state index contributed by atoms with van der Waals surface area (Å²) in [6.45, 7) is 3.01. The highest BCUT2D eigenvalue weighted by Crippen LogP contribution is 2.33. The summed E-state index contributed by atoms with van der Waals surface area (Å²) < 4.78 is 29.2. The van der Waals surface area contributed by atoms with Gasteiger partial charge in [0.2, 0.25) is 0 Å². The van der Waals surface area contributed by atoms with Crippen LogP contribution in [0.2, 0.25) is 10.0 Å². The Kier molecular flexibility index (Phi) is 9.05. The van der Waals surface area contributed by atoms with Gasteiger partial charge in [0.05, 0.1) is 18.2 Å². The number of aryl methyl sites for hydroxylation is 1. The first-order valence-electron chi connectivity index (χ1n) is 8.41. The second kappa shape index (κ2) is 11.3. The summed E-state index contributed by atoms with van der Waals surface area (Å²) >= 11 is 17.2. The zero-order valence-corrected chi connectivity index (χ0v) is 17.1. The van der Waals surface area contributed by atoms with E-state index < -0.39 is 5.29 Å². The first kappa shape index (κ1) is 21.7. The molecule has 0 aromatic heterocycles. The van der Waals surface area contributed by atoms with Gasteiger partial charge in [0.25, 0.3) is 0 Å². The molecule has 146 valence electrons. The molecule has 0 fully saturated rings. The van der Waals surface area contributed by atoms with Crippen molar-refractivity contribution in [3.63, 3.8) is 0 Å². The maximum atomic E-state index is 12.5. The molecule has 7 heteroatoms. The minimum Gasteiger partial charge on any atom is -0.494 e. The average molecular weight is 434 g/mol. The second-order valence-corrected chi connectivity index (χ2v) is 6.92. The van der Waals surface area contributed by atoms with Crippen molar-refractivity contribution in [2.24, 2.45) is 0 Å². The number of ether oxygens (including phenoxy) is 3. The first-order valence-corrected chi connectivity index (χ1v) is 9.54. The van der Waals surface area contributed by atoms with Crippen LogP contribution in [0.1, 0.15) is 18.4 Å². The van der Waals surface area contributed by atoms with Crippen LogP contribution >= 0.6 is 34.8 Å². The van der Waals surface area contributed by atoms with Crippen molar-refractivity contribution in [1.82, 2.24) is 0 Å². The van der Waals surface area contributed by atoms with Gasteiger partial charge in [0, 0.05) is 17.2 Å². The molecule has 0 heterocycles. The van der Waals surface area contributed by atoms with Crippen LogP contribution in [0, 0.1) is 6.92 Å². The third-order valence-corrected chi connectivity index (χ3v) is 4.24. The van der Waals surface area contributed by atoms with Crippen LogP contribution in [0.5, 0.6) is 17.2 Å². The molecule has 0 spiro atoms. The second-order valence-electron chi connectivity index (χ2n) is 5.71. The monoisotopic (exact) mass is 432 g/mol. The number of benzene rings is 2. The van der Waals surface area contributed by atoms with Gasteiger partial charge in [-0.25, -0.2) is 0 Å². The predicted octanol–water partition coefficient (Wildman–Crippen LogP) is 6.97. The molecule has 0 N–H and O–H groups in total. The van der Waals surface area contributed by atoms with Gasteiger partial charge in [-0.3, -0.25) is 0 Å². The SMILES string of the molecule is Cc1cc(OCC=C(F)Cl)cc(Cl)c1OCCCCOc1ccc(Cl)cc1. The van der Waals surface area contributed by atoms with Gasteiger partial charge in [0.15, 0.2) is 5.29 Å². The summed E-state index contributed by atoms with van der Waals surface area (Å²) in [6, 6.07) is 10.7.